The number of halogens is 3. The molecule has 0 amide bonds. The van der Waals surface area contributed by atoms with Gasteiger partial charge in [-0.05, 0) is 30.7 Å². The largest absolute Gasteiger partial charge is 0.399 e. The minimum atomic E-state index is -4.48. The number of nitrogens with two attached hydrogens (primary N) is 1. The molecule has 0 radical (unpaired) electrons. The molecule has 0 aliphatic rings. The Bertz CT molecular complexity index is 509. The molecule has 0 bridgehead atoms. The summed E-state index contributed by atoms with van der Waals surface area (Å²) in [7, 11) is -3.92. The van der Waals surface area contributed by atoms with Crippen molar-refractivity contribution in [1.82, 2.24) is 0 Å². The highest BCUT2D eigenvalue weighted by Gasteiger charge is 2.30. The number of aryl methyl sites for hydroxylation is 1. The van der Waals surface area contributed by atoms with Crippen LogP contribution in [0.25, 0.3) is 0 Å². The van der Waals surface area contributed by atoms with Crippen LogP contribution in [0, 0.1) is 6.92 Å². The summed E-state index contributed by atoms with van der Waals surface area (Å²) in [5.74, 6) is -0.943. The molecule has 1 aromatic rings. The predicted octanol–water partition coefficient (Wildman–Crippen LogP) is 2.30. The lowest BCUT2D eigenvalue weighted by molar-refractivity contribution is -0.129. The molecule has 1 aromatic carbocycles. The SMILES string of the molecule is Cc1cc(N)ccc1S(=O)(=O)CCC(F)(F)F. The molecule has 0 spiro atoms. The summed E-state index contributed by atoms with van der Waals surface area (Å²) in [6.45, 7) is 1.50. The molecule has 17 heavy (non-hydrogen) atoms. The Morgan fingerprint density at radius 2 is 1.88 bits per heavy atom. The van der Waals surface area contributed by atoms with Crippen molar-refractivity contribution in [2.45, 2.75) is 24.4 Å². The van der Waals surface area contributed by atoms with Gasteiger partial charge in [0, 0.05) is 5.69 Å². The van der Waals surface area contributed by atoms with Crippen molar-refractivity contribution < 1.29 is 21.6 Å². The van der Waals surface area contributed by atoms with Crippen LogP contribution in [-0.2, 0) is 9.84 Å². The molecule has 96 valence electrons. The first-order valence-corrected chi connectivity index (χ1v) is 6.43. The monoisotopic (exact) mass is 267 g/mol. The molecule has 0 fully saturated rings. The van der Waals surface area contributed by atoms with Crippen LogP contribution in [0.1, 0.15) is 12.0 Å². The molecular weight excluding hydrogens is 255 g/mol. The molecule has 0 atom stereocenters. The third-order valence-corrected chi connectivity index (χ3v) is 4.06. The van der Waals surface area contributed by atoms with E-state index in [1.165, 1.54) is 25.1 Å². The van der Waals surface area contributed by atoms with Crippen LogP contribution >= 0.6 is 0 Å². The summed E-state index contributed by atoms with van der Waals surface area (Å²) < 4.78 is 59.3. The number of sulfone groups is 1. The highest BCUT2D eigenvalue weighted by atomic mass is 32.2. The lowest BCUT2D eigenvalue weighted by Crippen LogP contribution is -2.17. The Labute approximate surface area is 97.4 Å². The number of alkyl halides is 3. The molecule has 2 N–H and O–H groups in total. The number of rotatable bonds is 3. The molecule has 7 heteroatoms. The van der Waals surface area contributed by atoms with Crippen molar-refractivity contribution in [2.75, 3.05) is 11.5 Å². The van der Waals surface area contributed by atoms with Gasteiger partial charge in [0.15, 0.2) is 9.84 Å². The van der Waals surface area contributed by atoms with E-state index in [1.807, 2.05) is 0 Å². The smallest absolute Gasteiger partial charge is 0.390 e. The molecule has 0 saturated heterocycles. The molecule has 0 unspecified atom stereocenters. The molecule has 0 saturated carbocycles. The van der Waals surface area contributed by atoms with Crippen molar-refractivity contribution in [3.05, 3.63) is 23.8 Å². The predicted molar refractivity (Wildman–Crippen MR) is 58.3 cm³/mol. The summed E-state index contributed by atoms with van der Waals surface area (Å²) in [4.78, 5) is -0.101. The minimum Gasteiger partial charge on any atom is -0.399 e. The lowest BCUT2D eigenvalue weighted by atomic mass is 10.2. The second kappa shape index (κ2) is 4.56. The third-order valence-electron chi connectivity index (χ3n) is 2.19. The summed E-state index contributed by atoms with van der Waals surface area (Å²) in [5, 5.41) is 0. The molecule has 1 rings (SSSR count). The molecule has 3 nitrogen and oxygen atoms in total. The van der Waals surface area contributed by atoms with E-state index in [1.54, 1.807) is 0 Å². The van der Waals surface area contributed by atoms with Gasteiger partial charge in [0.2, 0.25) is 0 Å². The average molecular weight is 267 g/mol. The van der Waals surface area contributed by atoms with Gasteiger partial charge in [-0.3, -0.25) is 0 Å². The van der Waals surface area contributed by atoms with Crippen LogP contribution < -0.4 is 5.73 Å². The van der Waals surface area contributed by atoms with Crippen LogP contribution in [0.5, 0.6) is 0 Å². The van der Waals surface area contributed by atoms with E-state index in [4.69, 9.17) is 5.73 Å². The molecule has 0 aliphatic heterocycles. The standard InChI is InChI=1S/C10H12F3NO2S/c1-7-6-8(14)2-3-9(7)17(15,16)5-4-10(11,12)13/h2-3,6H,4-5,14H2,1H3. The molecule has 0 aromatic heterocycles. The summed E-state index contributed by atoms with van der Waals surface area (Å²) in [6.07, 6.45) is -5.83. The van der Waals surface area contributed by atoms with Gasteiger partial charge in [0.25, 0.3) is 0 Å². The highest BCUT2D eigenvalue weighted by molar-refractivity contribution is 7.91. The van der Waals surface area contributed by atoms with Gasteiger partial charge in [-0.15, -0.1) is 0 Å². The Kier molecular flexibility index (Phi) is 3.71. The van der Waals surface area contributed by atoms with Crippen LogP contribution in [0.4, 0.5) is 18.9 Å². The number of nitrogen functional groups attached to an aromatic ring is 1. The topological polar surface area (TPSA) is 60.2 Å². The zero-order valence-corrected chi connectivity index (χ0v) is 9.90. The zero-order chi connectivity index (χ0) is 13.3. The van der Waals surface area contributed by atoms with Gasteiger partial charge in [-0.1, -0.05) is 0 Å². The van der Waals surface area contributed by atoms with Gasteiger partial charge < -0.3 is 5.73 Å². The van der Waals surface area contributed by atoms with Crippen molar-refractivity contribution in [1.29, 1.82) is 0 Å². The summed E-state index contributed by atoms with van der Waals surface area (Å²) in [6, 6.07) is 4.00. The third kappa shape index (κ3) is 3.92. The molecule has 0 heterocycles. The quantitative estimate of drug-likeness (QED) is 0.855. The fourth-order valence-corrected chi connectivity index (χ4v) is 2.93. The van der Waals surface area contributed by atoms with E-state index in [0.29, 0.717) is 11.3 Å². The Balaban J connectivity index is 2.98. The van der Waals surface area contributed by atoms with E-state index >= 15 is 0 Å². The molecule has 0 aliphatic carbocycles. The first-order valence-electron chi connectivity index (χ1n) is 4.77. The summed E-state index contributed by atoms with van der Waals surface area (Å²) in [5.41, 5.74) is 6.17. The number of benzene rings is 1. The van der Waals surface area contributed by atoms with E-state index in [0.717, 1.165) is 0 Å². The number of anilines is 1. The number of hydrogen-bond acceptors (Lipinski definition) is 3. The Morgan fingerprint density at radius 3 is 2.35 bits per heavy atom. The Morgan fingerprint density at radius 1 is 1.29 bits per heavy atom. The van der Waals surface area contributed by atoms with Gasteiger partial charge in [0.05, 0.1) is 17.1 Å². The van der Waals surface area contributed by atoms with Crippen LogP contribution in [0.15, 0.2) is 23.1 Å². The Hall–Kier alpha value is -1.24. The van der Waals surface area contributed by atoms with Crippen LogP contribution in [0.2, 0.25) is 0 Å². The van der Waals surface area contributed by atoms with Crippen molar-refractivity contribution in [2.24, 2.45) is 0 Å². The zero-order valence-electron chi connectivity index (χ0n) is 9.08. The lowest BCUT2D eigenvalue weighted by Gasteiger charge is -2.10. The van der Waals surface area contributed by atoms with Gasteiger partial charge in [0.1, 0.15) is 0 Å². The average Bonchev–Trinajstić information content (AvgIpc) is 2.13. The van der Waals surface area contributed by atoms with Crippen molar-refractivity contribution in [3.63, 3.8) is 0 Å². The maximum atomic E-state index is 12.0. The summed E-state index contributed by atoms with van der Waals surface area (Å²) >= 11 is 0. The van der Waals surface area contributed by atoms with Crippen LogP contribution in [-0.4, -0.2) is 20.3 Å². The van der Waals surface area contributed by atoms with Gasteiger partial charge >= 0.3 is 6.18 Å². The van der Waals surface area contributed by atoms with Crippen molar-refractivity contribution >= 4 is 15.5 Å². The van der Waals surface area contributed by atoms with E-state index in [9.17, 15) is 21.6 Å². The fourth-order valence-electron chi connectivity index (χ4n) is 1.38. The first kappa shape index (κ1) is 13.8. The normalized spacial score (nSPS) is 12.7. The van der Waals surface area contributed by atoms with E-state index < -0.39 is 28.2 Å². The highest BCUT2D eigenvalue weighted by Crippen LogP contribution is 2.24. The second-order valence-corrected chi connectivity index (χ2v) is 5.79. The minimum absolute atomic E-state index is 0.101. The maximum Gasteiger partial charge on any atom is 0.390 e. The number of hydrogen-bond donors (Lipinski definition) is 1. The van der Waals surface area contributed by atoms with Gasteiger partial charge in [-0.25, -0.2) is 8.42 Å². The maximum absolute atomic E-state index is 12.0. The first-order chi connectivity index (χ1) is 7.62. The van der Waals surface area contributed by atoms with E-state index in [-0.39, 0.29) is 4.90 Å². The van der Waals surface area contributed by atoms with Gasteiger partial charge in [-0.2, -0.15) is 13.2 Å². The molecular formula is C10H12F3NO2S. The van der Waals surface area contributed by atoms with E-state index in [2.05, 4.69) is 0 Å². The van der Waals surface area contributed by atoms with Crippen molar-refractivity contribution in [3.8, 4) is 0 Å². The fraction of sp³-hybridized carbons (Fsp3) is 0.400. The second-order valence-electron chi connectivity index (χ2n) is 3.71. The van der Waals surface area contributed by atoms with Crippen LogP contribution in [0.3, 0.4) is 0 Å².